The molecule has 0 aliphatic carbocycles. The molecule has 3 aromatic heterocycles. The van der Waals surface area contributed by atoms with Crippen LogP contribution in [0.15, 0.2) is 48.8 Å². The summed E-state index contributed by atoms with van der Waals surface area (Å²) in [4.78, 5) is 16.6. The Hall–Kier alpha value is -2.63. The van der Waals surface area contributed by atoms with E-state index < -0.39 is 0 Å². The van der Waals surface area contributed by atoms with E-state index in [-0.39, 0.29) is 0 Å². The van der Waals surface area contributed by atoms with E-state index in [0.717, 1.165) is 16.6 Å². The minimum atomic E-state index is 0.536. The SMILES string of the molecule is Cc1ccnc(Nc2nccc3nc(-c4c(Cl)cccc4Cl)[nH]c23)c1. The first-order chi connectivity index (χ1) is 12.1. The Morgan fingerprint density at radius 2 is 1.76 bits per heavy atom. The number of aromatic nitrogens is 4. The van der Waals surface area contributed by atoms with E-state index >= 15 is 0 Å². The van der Waals surface area contributed by atoms with Crippen LogP contribution in [0.2, 0.25) is 10.0 Å². The second-order valence-corrected chi connectivity index (χ2v) is 6.39. The number of imidazole rings is 1. The number of nitrogens with zero attached hydrogens (tertiary/aromatic N) is 3. The molecule has 0 saturated carbocycles. The molecule has 2 N–H and O–H groups in total. The molecule has 3 heterocycles. The van der Waals surface area contributed by atoms with Crippen LogP contribution < -0.4 is 5.32 Å². The standard InChI is InChI=1S/C18H13Cl2N5/c1-10-5-7-21-14(9-10)24-18-16-13(6-8-22-18)23-17(25-16)15-11(19)3-2-4-12(15)20/h2-9H,1H3,(H,23,25)(H,21,22,24). The molecule has 25 heavy (non-hydrogen) atoms. The summed E-state index contributed by atoms with van der Waals surface area (Å²) in [6, 6.07) is 11.1. The summed E-state index contributed by atoms with van der Waals surface area (Å²) in [7, 11) is 0. The fraction of sp³-hybridized carbons (Fsp3) is 0.0556. The van der Waals surface area contributed by atoms with E-state index in [2.05, 4.69) is 25.3 Å². The van der Waals surface area contributed by atoms with Gasteiger partial charge in [0.1, 0.15) is 17.2 Å². The molecule has 4 aromatic rings. The van der Waals surface area contributed by atoms with E-state index in [1.165, 1.54) is 0 Å². The lowest BCUT2D eigenvalue weighted by Crippen LogP contribution is -1.97. The number of hydrogen-bond donors (Lipinski definition) is 2. The van der Waals surface area contributed by atoms with E-state index in [9.17, 15) is 0 Å². The van der Waals surface area contributed by atoms with Gasteiger partial charge in [0, 0.05) is 12.4 Å². The molecule has 0 spiro atoms. The second-order valence-electron chi connectivity index (χ2n) is 5.58. The third-order valence-electron chi connectivity index (χ3n) is 3.77. The maximum absolute atomic E-state index is 6.29. The maximum atomic E-state index is 6.29. The number of aromatic amines is 1. The highest BCUT2D eigenvalue weighted by atomic mass is 35.5. The number of pyridine rings is 2. The van der Waals surface area contributed by atoms with Crippen LogP contribution in [-0.2, 0) is 0 Å². The van der Waals surface area contributed by atoms with Gasteiger partial charge in [0.25, 0.3) is 0 Å². The Morgan fingerprint density at radius 1 is 1.00 bits per heavy atom. The molecule has 0 atom stereocenters. The molecule has 0 fully saturated rings. The van der Waals surface area contributed by atoms with Gasteiger partial charge in [-0.3, -0.25) is 0 Å². The smallest absolute Gasteiger partial charge is 0.157 e. The predicted octanol–water partition coefficient (Wildman–Crippen LogP) is 5.38. The Morgan fingerprint density at radius 3 is 2.52 bits per heavy atom. The zero-order valence-corrected chi connectivity index (χ0v) is 14.7. The molecular formula is C18H13Cl2N5. The van der Waals surface area contributed by atoms with Gasteiger partial charge >= 0.3 is 0 Å². The first-order valence-electron chi connectivity index (χ1n) is 7.60. The normalized spacial score (nSPS) is 11.0. The van der Waals surface area contributed by atoms with Gasteiger partial charge in [0.15, 0.2) is 5.82 Å². The largest absolute Gasteiger partial charge is 0.335 e. The molecule has 0 aliphatic rings. The Kier molecular flexibility index (Phi) is 4.03. The van der Waals surface area contributed by atoms with Crippen LogP contribution in [0.4, 0.5) is 11.6 Å². The lowest BCUT2D eigenvalue weighted by Gasteiger charge is -2.06. The number of hydrogen-bond acceptors (Lipinski definition) is 4. The zero-order chi connectivity index (χ0) is 17.4. The summed E-state index contributed by atoms with van der Waals surface area (Å²) in [6.45, 7) is 2.01. The van der Waals surface area contributed by atoms with Crippen molar-refractivity contribution < 1.29 is 0 Å². The molecule has 1 aromatic carbocycles. The molecule has 7 heteroatoms. The molecule has 0 radical (unpaired) electrons. The number of benzene rings is 1. The molecule has 0 amide bonds. The predicted molar refractivity (Wildman–Crippen MR) is 102 cm³/mol. The zero-order valence-electron chi connectivity index (χ0n) is 13.2. The van der Waals surface area contributed by atoms with Crippen LogP contribution in [0.25, 0.3) is 22.4 Å². The average molecular weight is 370 g/mol. The third-order valence-corrected chi connectivity index (χ3v) is 4.40. The monoisotopic (exact) mass is 369 g/mol. The lowest BCUT2D eigenvalue weighted by molar-refractivity contribution is 1.24. The van der Waals surface area contributed by atoms with Crippen LogP contribution in [0.5, 0.6) is 0 Å². The molecule has 0 bridgehead atoms. The minimum absolute atomic E-state index is 0.536. The number of H-pyrrole nitrogens is 1. The Labute approximate surface area is 154 Å². The summed E-state index contributed by atoms with van der Waals surface area (Å²) < 4.78 is 0. The van der Waals surface area contributed by atoms with E-state index in [1.54, 1.807) is 30.6 Å². The highest BCUT2D eigenvalue weighted by Crippen LogP contribution is 2.34. The number of aryl methyl sites for hydroxylation is 1. The highest BCUT2D eigenvalue weighted by molar-refractivity contribution is 6.39. The lowest BCUT2D eigenvalue weighted by atomic mass is 10.2. The van der Waals surface area contributed by atoms with E-state index in [4.69, 9.17) is 23.2 Å². The Bertz CT molecular complexity index is 1050. The molecule has 124 valence electrons. The van der Waals surface area contributed by atoms with Crippen LogP contribution in [0.1, 0.15) is 5.56 Å². The third kappa shape index (κ3) is 3.04. The molecular weight excluding hydrogens is 357 g/mol. The topological polar surface area (TPSA) is 66.5 Å². The number of nitrogens with one attached hydrogen (secondary N) is 2. The van der Waals surface area contributed by atoms with E-state index in [1.807, 2.05) is 25.1 Å². The minimum Gasteiger partial charge on any atom is -0.335 e. The first kappa shape index (κ1) is 15.9. The summed E-state index contributed by atoms with van der Waals surface area (Å²) in [6.07, 6.45) is 3.44. The fourth-order valence-corrected chi connectivity index (χ4v) is 3.17. The van der Waals surface area contributed by atoms with Gasteiger partial charge in [0.2, 0.25) is 0 Å². The van der Waals surface area contributed by atoms with Crippen molar-refractivity contribution in [1.82, 2.24) is 19.9 Å². The number of anilines is 2. The quantitative estimate of drug-likeness (QED) is 0.508. The van der Waals surface area contributed by atoms with Gasteiger partial charge in [-0.05, 0) is 42.8 Å². The summed E-state index contributed by atoms with van der Waals surface area (Å²) in [5, 5.41) is 4.30. The van der Waals surface area contributed by atoms with Crippen molar-refractivity contribution in [2.45, 2.75) is 6.92 Å². The van der Waals surface area contributed by atoms with Crippen molar-refractivity contribution in [2.75, 3.05) is 5.32 Å². The van der Waals surface area contributed by atoms with Gasteiger partial charge in [-0.2, -0.15) is 0 Å². The maximum Gasteiger partial charge on any atom is 0.157 e. The summed E-state index contributed by atoms with van der Waals surface area (Å²) >= 11 is 12.6. The van der Waals surface area contributed by atoms with Crippen molar-refractivity contribution in [2.24, 2.45) is 0 Å². The van der Waals surface area contributed by atoms with Gasteiger partial charge in [0.05, 0.1) is 21.1 Å². The fourth-order valence-electron chi connectivity index (χ4n) is 2.60. The van der Waals surface area contributed by atoms with Gasteiger partial charge < -0.3 is 10.3 Å². The Balaban J connectivity index is 1.82. The van der Waals surface area contributed by atoms with Crippen LogP contribution in [0, 0.1) is 6.92 Å². The summed E-state index contributed by atoms with van der Waals surface area (Å²) in [5.74, 6) is 1.95. The molecule has 4 rings (SSSR count). The molecule has 0 unspecified atom stereocenters. The molecule has 5 nitrogen and oxygen atoms in total. The van der Waals surface area contributed by atoms with Crippen LogP contribution >= 0.6 is 23.2 Å². The van der Waals surface area contributed by atoms with Gasteiger partial charge in [-0.1, -0.05) is 29.3 Å². The van der Waals surface area contributed by atoms with Gasteiger partial charge in [-0.15, -0.1) is 0 Å². The summed E-state index contributed by atoms with van der Waals surface area (Å²) in [5.41, 5.74) is 3.30. The van der Waals surface area contributed by atoms with Crippen molar-refractivity contribution in [3.05, 3.63) is 64.4 Å². The first-order valence-corrected chi connectivity index (χ1v) is 8.36. The van der Waals surface area contributed by atoms with Crippen LogP contribution in [0.3, 0.4) is 0 Å². The highest BCUT2D eigenvalue weighted by Gasteiger charge is 2.15. The van der Waals surface area contributed by atoms with Crippen molar-refractivity contribution in [3.8, 4) is 11.4 Å². The van der Waals surface area contributed by atoms with Crippen molar-refractivity contribution in [1.29, 1.82) is 0 Å². The van der Waals surface area contributed by atoms with Crippen molar-refractivity contribution >= 4 is 45.9 Å². The number of rotatable bonds is 3. The number of halogens is 2. The van der Waals surface area contributed by atoms with Gasteiger partial charge in [-0.25, -0.2) is 15.0 Å². The average Bonchev–Trinajstić information content (AvgIpc) is 2.99. The molecule has 0 saturated heterocycles. The number of fused-ring (bicyclic) bond motifs is 1. The van der Waals surface area contributed by atoms with E-state index in [0.29, 0.717) is 33.1 Å². The van der Waals surface area contributed by atoms with Crippen molar-refractivity contribution in [3.63, 3.8) is 0 Å². The molecule has 0 aliphatic heterocycles. The van der Waals surface area contributed by atoms with Crippen LogP contribution in [-0.4, -0.2) is 19.9 Å². The second kappa shape index (κ2) is 6.35.